The molecule has 126 valence electrons. The van der Waals surface area contributed by atoms with Crippen LogP contribution in [0.4, 0.5) is 5.69 Å². The molecule has 0 aliphatic carbocycles. The molecule has 2 aromatic carbocycles. The van der Waals surface area contributed by atoms with E-state index in [9.17, 15) is 15.2 Å². The molecule has 2 atom stereocenters. The van der Waals surface area contributed by atoms with E-state index < -0.39 is 22.7 Å². The Bertz CT molecular complexity index is 746. The van der Waals surface area contributed by atoms with Gasteiger partial charge in [-0.2, -0.15) is 0 Å². The highest BCUT2D eigenvalue weighted by molar-refractivity contribution is 5.48. The highest BCUT2D eigenvalue weighted by Crippen LogP contribution is 2.41. The molecular weight excluding hydrogens is 308 g/mol. The number of ether oxygens (including phenoxy) is 1. The summed E-state index contributed by atoms with van der Waals surface area (Å²) < 4.78 is 5.84. The molecule has 0 saturated carbocycles. The standard InChI is InChI=1S/C18H20N2O4/c1-18(2)17(21)16(19-11-12-6-4-3-5-7-12)14-10-13(20(22)23)8-9-15(14)24-18/h3-10,16-17,19,21H,11H2,1-2H3/t16-,17+/m1/s1. The zero-order valence-electron chi connectivity index (χ0n) is 13.6. The Balaban J connectivity index is 1.94. The van der Waals surface area contributed by atoms with Crippen molar-refractivity contribution in [2.45, 2.75) is 38.1 Å². The van der Waals surface area contributed by atoms with Gasteiger partial charge in [0.25, 0.3) is 5.69 Å². The molecule has 6 nitrogen and oxygen atoms in total. The summed E-state index contributed by atoms with van der Waals surface area (Å²) in [7, 11) is 0. The van der Waals surface area contributed by atoms with Crippen molar-refractivity contribution >= 4 is 5.69 Å². The number of aliphatic hydroxyl groups is 1. The number of nitro benzene ring substituents is 1. The normalized spacial score (nSPS) is 21.6. The van der Waals surface area contributed by atoms with E-state index in [0.717, 1.165) is 5.56 Å². The highest BCUT2D eigenvalue weighted by Gasteiger charge is 2.43. The third-order valence-corrected chi connectivity index (χ3v) is 4.31. The lowest BCUT2D eigenvalue weighted by Gasteiger charge is -2.42. The molecule has 1 aliphatic heterocycles. The summed E-state index contributed by atoms with van der Waals surface area (Å²) in [6, 6.07) is 13.8. The molecule has 2 aromatic rings. The second-order valence-corrected chi connectivity index (χ2v) is 6.47. The maximum Gasteiger partial charge on any atom is 0.270 e. The number of nitrogens with zero attached hydrogens (tertiary/aromatic N) is 1. The quantitative estimate of drug-likeness (QED) is 0.666. The van der Waals surface area contributed by atoms with E-state index in [1.165, 1.54) is 12.1 Å². The van der Waals surface area contributed by atoms with Crippen molar-refractivity contribution in [3.63, 3.8) is 0 Å². The molecule has 0 saturated heterocycles. The molecule has 2 N–H and O–H groups in total. The van der Waals surface area contributed by atoms with Crippen molar-refractivity contribution in [1.29, 1.82) is 0 Å². The Morgan fingerprint density at radius 1 is 1.25 bits per heavy atom. The van der Waals surface area contributed by atoms with E-state index in [1.807, 2.05) is 30.3 Å². The van der Waals surface area contributed by atoms with Gasteiger partial charge in [0.2, 0.25) is 0 Å². The maximum absolute atomic E-state index is 11.1. The van der Waals surface area contributed by atoms with Crippen LogP contribution in [0.15, 0.2) is 48.5 Å². The summed E-state index contributed by atoms with van der Waals surface area (Å²) >= 11 is 0. The minimum absolute atomic E-state index is 0.0178. The first kappa shape index (κ1) is 16.4. The van der Waals surface area contributed by atoms with Gasteiger partial charge in [-0.3, -0.25) is 10.1 Å². The van der Waals surface area contributed by atoms with Crippen LogP contribution in [0.25, 0.3) is 0 Å². The molecule has 1 aliphatic rings. The van der Waals surface area contributed by atoms with E-state index in [0.29, 0.717) is 17.9 Å². The molecule has 0 spiro atoms. The number of aliphatic hydroxyl groups excluding tert-OH is 1. The third kappa shape index (κ3) is 3.11. The lowest BCUT2D eigenvalue weighted by atomic mass is 9.86. The van der Waals surface area contributed by atoms with Gasteiger partial charge in [0.15, 0.2) is 0 Å². The molecule has 0 amide bonds. The smallest absolute Gasteiger partial charge is 0.270 e. The third-order valence-electron chi connectivity index (χ3n) is 4.31. The predicted molar refractivity (Wildman–Crippen MR) is 89.8 cm³/mol. The Morgan fingerprint density at radius 2 is 1.96 bits per heavy atom. The summed E-state index contributed by atoms with van der Waals surface area (Å²) in [5.74, 6) is 0.557. The predicted octanol–water partition coefficient (Wildman–Crippen LogP) is 2.96. The summed E-state index contributed by atoms with van der Waals surface area (Å²) in [6.45, 7) is 4.15. The second kappa shape index (κ2) is 6.22. The van der Waals surface area contributed by atoms with Crippen LogP contribution in [0.5, 0.6) is 5.75 Å². The van der Waals surface area contributed by atoms with E-state index in [-0.39, 0.29) is 5.69 Å². The molecule has 24 heavy (non-hydrogen) atoms. The van der Waals surface area contributed by atoms with Crippen LogP contribution in [0.3, 0.4) is 0 Å². The van der Waals surface area contributed by atoms with Gasteiger partial charge in [-0.15, -0.1) is 0 Å². The van der Waals surface area contributed by atoms with E-state index in [1.54, 1.807) is 19.9 Å². The number of benzene rings is 2. The second-order valence-electron chi connectivity index (χ2n) is 6.47. The molecule has 0 aromatic heterocycles. The lowest BCUT2D eigenvalue weighted by molar-refractivity contribution is -0.385. The van der Waals surface area contributed by atoms with Crippen molar-refractivity contribution in [1.82, 2.24) is 5.32 Å². The van der Waals surface area contributed by atoms with Crippen LogP contribution in [-0.4, -0.2) is 21.7 Å². The van der Waals surface area contributed by atoms with Crippen molar-refractivity contribution < 1.29 is 14.8 Å². The van der Waals surface area contributed by atoms with Gasteiger partial charge in [-0.1, -0.05) is 30.3 Å². The number of nitro groups is 1. The number of non-ortho nitro benzene ring substituents is 1. The van der Waals surface area contributed by atoms with Gasteiger partial charge in [-0.25, -0.2) is 0 Å². The van der Waals surface area contributed by atoms with Crippen molar-refractivity contribution in [3.8, 4) is 5.75 Å². The van der Waals surface area contributed by atoms with Gasteiger partial charge in [0.1, 0.15) is 17.5 Å². The topological polar surface area (TPSA) is 84.6 Å². The molecule has 0 fully saturated rings. The zero-order valence-corrected chi connectivity index (χ0v) is 13.6. The van der Waals surface area contributed by atoms with Crippen LogP contribution >= 0.6 is 0 Å². The average molecular weight is 328 g/mol. The van der Waals surface area contributed by atoms with Gasteiger partial charge in [0.05, 0.1) is 11.0 Å². The van der Waals surface area contributed by atoms with E-state index >= 15 is 0 Å². The minimum atomic E-state index is -0.837. The summed E-state index contributed by atoms with van der Waals surface area (Å²) in [6.07, 6.45) is -0.837. The van der Waals surface area contributed by atoms with E-state index in [2.05, 4.69) is 5.32 Å². The Labute approximate surface area is 140 Å². The minimum Gasteiger partial charge on any atom is -0.485 e. The van der Waals surface area contributed by atoms with Gasteiger partial charge in [0, 0.05) is 24.2 Å². The fourth-order valence-corrected chi connectivity index (χ4v) is 2.95. The van der Waals surface area contributed by atoms with Gasteiger partial charge >= 0.3 is 0 Å². The highest BCUT2D eigenvalue weighted by atomic mass is 16.6. The number of hydrogen-bond donors (Lipinski definition) is 2. The molecule has 3 rings (SSSR count). The van der Waals surface area contributed by atoms with Gasteiger partial charge < -0.3 is 15.2 Å². The largest absolute Gasteiger partial charge is 0.485 e. The number of nitrogens with one attached hydrogen (secondary N) is 1. The van der Waals surface area contributed by atoms with Crippen molar-refractivity contribution in [3.05, 3.63) is 69.8 Å². The molecule has 6 heteroatoms. The first-order valence-corrected chi connectivity index (χ1v) is 7.81. The van der Waals surface area contributed by atoms with Crippen LogP contribution in [0.1, 0.15) is 31.0 Å². The van der Waals surface area contributed by atoms with Crippen LogP contribution in [0, 0.1) is 10.1 Å². The zero-order chi connectivity index (χ0) is 17.3. The van der Waals surface area contributed by atoms with Crippen LogP contribution < -0.4 is 10.1 Å². The number of rotatable bonds is 4. The molecule has 0 bridgehead atoms. The van der Waals surface area contributed by atoms with Crippen LogP contribution in [0.2, 0.25) is 0 Å². The maximum atomic E-state index is 11.1. The Hall–Kier alpha value is -2.44. The van der Waals surface area contributed by atoms with Crippen LogP contribution in [-0.2, 0) is 6.54 Å². The molecule has 0 unspecified atom stereocenters. The number of fused-ring (bicyclic) bond motifs is 1. The summed E-state index contributed by atoms with van der Waals surface area (Å²) in [5, 5.41) is 25.1. The van der Waals surface area contributed by atoms with Crippen molar-refractivity contribution in [2.24, 2.45) is 0 Å². The Morgan fingerprint density at radius 3 is 2.62 bits per heavy atom. The van der Waals surface area contributed by atoms with Crippen molar-refractivity contribution in [2.75, 3.05) is 0 Å². The molecule has 0 radical (unpaired) electrons. The monoisotopic (exact) mass is 328 g/mol. The fourth-order valence-electron chi connectivity index (χ4n) is 2.95. The number of hydrogen-bond acceptors (Lipinski definition) is 5. The van der Waals surface area contributed by atoms with E-state index in [4.69, 9.17) is 4.74 Å². The average Bonchev–Trinajstić information content (AvgIpc) is 2.55. The SMILES string of the molecule is CC1(C)Oc2ccc([N+](=O)[O-])cc2[C@@H](NCc2ccccc2)[C@@H]1O. The first-order chi connectivity index (χ1) is 11.4. The summed E-state index contributed by atoms with van der Waals surface area (Å²) in [4.78, 5) is 10.6. The molecular formula is C18H20N2O4. The Kier molecular flexibility index (Phi) is 4.26. The molecule has 1 heterocycles. The first-order valence-electron chi connectivity index (χ1n) is 7.81. The fraction of sp³-hybridized carbons (Fsp3) is 0.333. The summed E-state index contributed by atoms with van der Waals surface area (Å²) in [5.41, 5.74) is 0.862. The van der Waals surface area contributed by atoms with Gasteiger partial charge in [-0.05, 0) is 25.5 Å². The lowest BCUT2D eigenvalue weighted by Crippen LogP contribution is -2.52.